The molecule has 0 saturated carbocycles. The molecule has 0 saturated heterocycles. The van der Waals surface area contributed by atoms with Crippen molar-refractivity contribution in [2.75, 3.05) is 0 Å². The van der Waals surface area contributed by atoms with Crippen molar-refractivity contribution < 1.29 is 9.53 Å². The number of ether oxygens (including phenoxy) is 1. The molecule has 0 N–H and O–H groups in total. The lowest BCUT2D eigenvalue weighted by molar-refractivity contribution is -0.138. The van der Waals surface area contributed by atoms with Gasteiger partial charge >= 0.3 is 5.97 Å². The molecule has 0 bridgehead atoms. The Morgan fingerprint density at radius 2 is 2.10 bits per heavy atom. The van der Waals surface area contributed by atoms with Crippen molar-refractivity contribution in [1.82, 2.24) is 4.98 Å². The number of carbonyl (C=O) groups excluding carboxylic acids is 1. The van der Waals surface area contributed by atoms with E-state index in [0.717, 1.165) is 5.56 Å². The van der Waals surface area contributed by atoms with Gasteiger partial charge in [0, 0.05) is 22.9 Å². The minimum absolute atomic E-state index is 0.0887. The van der Waals surface area contributed by atoms with E-state index in [1.807, 2.05) is 12.1 Å². The Morgan fingerprint density at radius 1 is 1.25 bits per heavy atom. The summed E-state index contributed by atoms with van der Waals surface area (Å²) in [6.45, 7) is 0.0887. The summed E-state index contributed by atoms with van der Waals surface area (Å²) >= 11 is 11.7. The molecule has 1 aromatic carbocycles. The zero-order chi connectivity index (χ0) is 14.4. The second kappa shape index (κ2) is 7.08. The number of aromatic nitrogens is 1. The van der Waals surface area contributed by atoms with Crippen molar-refractivity contribution >= 4 is 35.2 Å². The number of benzene rings is 1. The molecule has 0 aliphatic carbocycles. The first-order chi connectivity index (χ1) is 9.65. The van der Waals surface area contributed by atoms with Gasteiger partial charge in [-0.1, -0.05) is 41.4 Å². The van der Waals surface area contributed by atoms with Crippen LogP contribution in [0.15, 0.2) is 48.7 Å². The monoisotopic (exact) mass is 307 g/mol. The standard InChI is InChI=1S/C15H11Cl2NO2/c16-13-5-1-3-11(9-13)6-7-14(19)20-10-12-4-2-8-18-15(12)17/h1-9H,10H2/b7-6+. The minimum Gasteiger partial charge on any atom is -0.458 e. The summed E-state index contributed by atoms with van der Waals surface area (Å²) in [4.78, 5) is 15.5. The topological polar surface area (TPSA) is 39.2 Å². The highest BCUT2D eigenvalue weighted by molar-refractivity contribution is 6.30. The zero-order valence-electron chi connectivity index (χ0n) is 10.4. The molecule has 1 heterocycles. The normalized spacial score (nSPS) is 10.7. The summed E-state index contributed by atoms with van der Waals surface area (Å²) < 4.78 is 5.08. The van der Waals surface area contributed by atoms with Crippen LogP contribution in [0.25, 0.3) is 6.08 Å². The Kier molecular flexibility index (Phi) is 5.16. The molecule has 3 nitrogen and oxygen atoms in total. The molecular weight excluding hydrogens is 297 g/mol. The highest BCUT2D eigenvalue weighted by Gasteiger charge is 2.03. The second-order valence-corrected chi connectivity index (χ2v) is 4.74. The van der Waals surface area contributed by atoms with Gasteiger partial charge in [-0.2, -0.15) is 0 Å². The summed E-state index contributed by atoms with van der Waals surface area (Å²) in [6, 6.07) is 10.7. The van der Waals surface area contributed by atoms with Crippen molar-refractivity contribution in [2.24, 2.45) is 0 Å². The van der Waals surface area contributed by atoms with E-state index < -0.39 is 5.97 Å². The number of hydrogen-bond acceptors (Lipinski definition) is 3. The van der Waals surface area contributed by atoms with Crippen LogP contribution in [-0.2, 0) is 16.1 Å². The number of halogens is 2. The molecule has 0 fully saturated rings. The highest BCUT2D eigenvalue weighted by atomic mass is 35.5. The van der Waals surface area contributed by atoms with E-state index in [2.05, 4.69) is 4.98 Å². The molecule has 20 heavy (non-hydrogen) atoms. The Morgan fingerprint density at radius 3 is 2.85 bits per heavy atom. The smallest absolute Gasteiger partial charge is 0.331 e. The van der Waals surface area contributed by atoms with Gasteiger partial charge in [-0.25, -0.2) is 9.78 Å². The lowest BCUT2D eigenvalue weighted by atomic mass is 10.2. The maximum atomic E-state index is 11.6. The van der Waals surface area contributed by atoms with Crippen molar-refractivity contribution in [1.29, 1.82) is 0 Å². The van der Waals surface area contributed by atoms with E-state index in [9.17, 15) is 4.79 Å². The van der Waals surface area contributed by atoms with Crippen LogP contribution in [0.2, 0.25) is 10.2 Å². The predicted octanol–water partition coefficient (Wildman–Crippen LogP) is 4.15. The average molecular weight is 308 g/mol. The van der Waals surface area contributed by atoms with Gasteiger partial charge in [0.25, 0.3) is 0 Å². The van der Waals surface area contributed by atoms with Gasteiger partial charge in [-0.3, -0.25) is 0 Å². The number of hydrogen-bond donors (Lipinski definition) is 0. The number of pyridine rings is 1. The molecular formula is C15H11Cl2NO2. The Hall–Kier alpha value is -1.84. The number of rotatable bonds is 4. The SMILES string of the molecule is O=C(/C=C/c1cccc(Cl)c1)OCc1cccnc1Cl. The van der Waals surface area contributed by atoms with E-state index >= 15 is 0 Å². The molecule has 0 atom stereocenters. The third-order valence-electron chi connectivity index (χ3n) is 2.47. The predicted molar refractivity (Wildman–Crippen MR) is 79.5 cm³/mol. The Labute approximate surface area is 126 Å². The minimum atomic E-state index is -0.454. The lowest BCUT2D eigenvalue weighted by Crippen LogP contribution is -2.01. The van der Waals surface area contributed by atoms with Crippen molar-refractivity contribution in [3.05, 3.63) is 70.0 Å². The van der Waals surface area contributed by atoms with Crippen LogP contribution < -0.4 is 0 Å². The van der Waals surface area contributed by atoms with Crippen LogP contribution in [-0.4, -0.2) is 11.0 Å². The van der Waals surface area contributed by atoms with Gasteiger partial charge in [-0.15, -0.1) is 0 Å². The number of nitrogens with zero attached hydrogens (tertiary/aromatic N) is 1. The van der Waals surface area contributed by atoms with Crippen molar-refractivity contribution in [3.8, 4) is 0 Å². The molecule has 0 radical (unpaired) electrons. The lowest BCUT2D eigenvalue weighted by Gasteiger charge is -2.03. The molecule has 2 rings (SSSR count). The highest BCUT2D eigenvalue weighted by Crippen LogP contribution is 2.14. The van der Waals surface area contributed by atoms with Gasteiger partial charge in [0.15, 0.2) is 0 Å². The number of esters is 1. The van der Waals surface area contributed by atoms with Gasteiger partial charge in [0.2, 0.25) is 0 Å². The first-order valence-corrected chi connectivity index (χ1v) is 6.60. The first-order valence-electron chi connectivity index (χ1n) is 5.85. The maximum absolute atomic E-state index is 11.6. The van der Waals surface area contributed by atoms with Crippen LogP contribution in [0.4, 0.5) is 0 Å². The third kappa shape index (κ3) is 4.37. The molecule has 0 spiro atoms. The van der Waals surface area contributed by atoms with Crippen LogP contribution in [0.3, 0.4) is 0 Å². The molecule has 0 aliphatic rings. The fourth-order valence-corrected chi connectivity index (χ4v) is 1.87. The Balaban J connectivity index is 1.91. The van der Waals surface area contributed by atoms with Crippen molar-refractivity contribution in [3.63, 3.8) is 0 Å². The average Bonchev–Trinajstić information content (AvgIpc) is 2.44. The number of carbonyl (C=O) groups is 1. The summed E-state index contributed by atoms with van der Waals surface area (Å²) in [6.07, 6.45) is 4.56. The third-order valence-corrected chi connectivity index (χ3v) is 3.04. The van der Waals surface area contributed by atoms with Crippen molar-refractivity contribution in [2.45, 2.75) is 6.61 Å². The van der Waals surface area contributed by atoms with E-state index in [4.69, 9.17) is 27.9 Å². The van der Waals surface area contributed by atoms with Crippen LogP contribution in [0.5, 0.6) is 0 Å². The first kappa shape index (κ1) is 14.6. The second-order valence-electron chi connectivity index (χ2n) is 3.95. The van der Waals surface area contributed by atoms with E-state index in [-0.39, 0.29) is 6.61 Å². The summed E-state index contributed by atoms with van der Waals surface area (Å²) in [5.41, 5.74) is 1.49. The largest absolute Gasteiger partial charge is 0.458 e. The molecule has 0 aliphatic heterocycles. The fraction of sp³-hybridized carbons (Fsp3) is 0.0667. The van der Waals surface area contributed by atoms with Crippen LogP contribution >= 0.6 is 23.2 Å². The van der Waals surface area contributed by atoms with E-state index in [1.54, 1.807) is 36.5 Å². The zero-order valence-corrected chi connectivity index (χ0v) is 11.9. The molecule has 1 aromatic heterocycles. The summed E-state index contributed by atoms with van der Waals surface area (Å²) in [7, 11) is 0. The van der Waals surface area contributed by atoms with Gasteiger partial charge in [-0.05, 0) is 29.8 Å². The van der Waals surface area contributed by atoms with Gasteiger partial charge in [0.1, 0.15) is 11.8 Å². The van der Waals surface area contributed by atoms with Gasteiger partial charge < -0.3 is 4.74 Å². The maximum Gasteiger partial charge on any atom is 0.331 e. The summed E-state index contributed by atoms with van der Waals surface area (Å²) in [5, 5.41) is 0.946. The van der Waals surface area contributed by atoms with Crippen LogP contribution in [0.1, 0.15) is 11.1 Å². The van der Waals surface area contributed by atoms with Crippen LogP contribution in [0, 0.1) is 0 Å². The van der Waals surface area contributed by atoms with E-state index in [0.29, 0.717) is 15.7 Å². The molecule has 5 heteroatoms. The van der Waals surface area contributed by atoms with Gasteiger partial charge in [0.05, 0.1) is 0 Å². The Bertz CT molecular complexity index is 641. The summed E-state index contributed by atoms with van der Waals surface area (Å²) in [5.74, 6) is -0.454. The molecule has 102 valence electrons. The molecule has 2 aromatic rings. The van der Waals surface area contributed by atoms with E-state index in [1.165, 1.54) is 6.08 Å². The molecule has 0 amide bonds. The quantitative estimate of drug-likeness (QED) is 0.484. The molecule has 0 unspecified atom stereocenters. The fourth-order valence-electron chi connectivity index (χ4n) is 1.50.